The molecule has 4 rings (SSSR count). The van der Waals surface area contributed by atoms with Crippen LogP contribution in [0.3, 0.4) is 0 Å². The van der Waals surface area contributed by atoms with Gasteiger partial charge < -0.3 is 19.5 Å². The van der Waals surface area contributed by atoms with Crippen LogP contribution in [0.1, 0.15) is 0 Å². The molecule has 0 radical (unpaired) electrons. The summed E-state index contributed by atoms with van der Waals surface area (Å²) in [5, 5.41) is 22.8. The molecule has 0 fully saturated rings. The van der Waals surface area contributed by atoms with E-state index in [1.54, 1.807) is 12.1 Å². The molecule has 12 heteroatoms. The number of nitro benzene ring substituents is 1. The topological polar surface area (TPSA) is 131 Å². The van der Waals surface area contributed by atoms with Gasteiger partial charge in [0.15, 0.2) is 22.5 Å². The zero-order chi connectivity index (χ0) is 26.4. The number of amides is 1. The molecule has 1 heterocycles. The Labute approximate surface area is 216 Å². The molecule has 37 heavy (non-hydrogen) atoms. The summed E-state index contributed by atoms with van der Waals surface area (Å²) in [5.41, 5.74) is 1.88. The van der Waals surface area contributed by atoms with Crippen LogP contribution in [0, 0.1) is 10.1 Å². The zero-order valence-corrected chi connectivity index (χ0v) is 21.0. The van der Waals surface area contributed by atoms with Crippen molar-refractivity contribution in [2.45, 2.75) is 5.16 Å². The van der Waals surface area contributed by atoms with Crippen LogP contribution < -0.4 is 19.5 Å². The minimum atomic E-state index is -0.497. The first-order valence-corrected chi connectivity index (χ1v) is 11.9. The molecular weight excluding hydrogens is 498 g/mol. The standard InChI is InChI=1S/C25H23N5O6S/c1-34-20-13-16(14-21(35-2)23(20)36-3)24-27-28-25(29(24)18-7-5-4-6-8-18)37-15-22(31)26-17-9-11-19(12-10-17)30(32)33/h4-14H,15H2,1-3H3,(H,26,31). The van der Waals surface area contributed by atoms with E-state index in [0.717, 1.165) is 5.69 Å². The molecule has 1 amide bonds. The monoisotopic (exact) mass is 521 g/mol. The summed E-state index contributed by atoms with van der Waals surface area (Å²) < 4.78 is 18.2. The minimum absolute atomic E-state index is 0.0389. The lowest BCUT2D eigenvalue weighted by Crippen LogP contribution is -2.14. The van der Waals surface area contributed by atoms with Gasteiger partial charge in [0.05, 0.1) is 32.0 Å². The molecule has 0 saturated carbocycles. The van der Waals surface area contributed by atoms with Crippen LogP contribution in [0.2, 0.25) is 0 Å². The molecule has 1 aromatic heterocycles. The molecule has 1 N–H and O–H groups in total. The molecule has 0 atom stereocenters. The van der Waals surface area contributed by atoms with Gasteiger partial charge in [-0.25, -0.2) is 0 Å². The normalized spacial score (nSPS) is 10.6. The largest absolute Gasteiger partial charge is 0.493 e. The molecule has 3 aromatic carbocycles. The number of hydrogen-bond acceptors (Lipinski definition) is 9. The number of nitrogens with zero attached hydrogens (tertiary/aromatic N) is 4. The molecule has 0 bridgehead atoms. The van der Waals surface area contributed by atoms with Crippen molar-refractivity contribution in [1.82, 2.24) is 14.8 Å². The summed E-state index contributed by atoms with van der Waals surface area (Å²) in [5.74, 6) is 1.65. The molecule has 4 aromatic rings. The Hall–Kier alpha value is -4.58. The highest BCUT2D eigenvalue weighted by Crippen LogP contribution is 2.41. The summed E-state index contributed by atoms with van der Waals surface area (Å²) in [7, 11) is 4.60. The van der Waals surface area contributed by atoms with E-state index < -0.39 is 4.92 Å². The van der Waals surface area contributed by atoms with Gasteiger partial charge in [0.25, 0.3) is 5.69 Å². The third-order valence-electron chi connectivity index (χ3n) is 5.26. The van der Waals surface area contributed by atoms with E-state index in [1.165, 1.54) is 57.4 Å². The van der Waals surface area contributed by atoms with Crippen molar-refractivity contribution >= 4 is 29.0 Å². The van der Waals surface area contributed by atoms with Crippen LogP contribution in [0.25, 0.3) is 17.1 Å². The molecule has 0 aliphatic rings. The summed E-state index contributed by atoms with van der Waals surface area (Å²) in [6, 6.07) is 18.7. The second kappa shape index (κ2) is 11.4. The van der Waals surface area contributed by atoms with E-state index in [1.807, 2.05) is 34.9 Å². The Bertz CT molecular complexity index is 1380. The quantitative estimate of drug-likeness (QED) is 0.181. The van der Waals surface area contributed by atoms with Crippen molar-refractivity contribution < 1.29 is 23.9 Å². The predicted molar refractivity (Wildman–Crippen MR) is 139 cm³/mol. The van der Waals surface area contributed by atoms with Gasteiger partial charge in [-0.2, -0.15) is 0 Å². The summed E-state index contributed by atoms with van der Waals surface area (Å²) in [4.78, 5) is 22.9. The van der Waals surface area contributed by atoms with E-state index in [0.29, 0.717) is 39.5 Å². The first-order valence-electron chi connectivity index (χ1n) is 10.9. The number of benzene rings is 3. The van der Waals surface area contributed by atoms with Gasteiger partial charge in [-0.15, -0.1) is 10.2 Å². The number of para-hydroxylation sites is 1. The third-order valence-corrected chi connectivity index (χ3v) is 6.19. The maximum absolute atomic E-state index is 12.6. The average molecular weight is 522 g/mol. The van der Waals surface area contributed by atoms with Crippen molar-refractivity contribution in [2.75, 3.05) is 32.4 Å². The number of carbonyl (C=O) groups excluding carboxylic acids is 1. The number of nitro groups is 1. The van der Waals surface area contributed by atoms with E-state index in [2.05, 4.69) is 15.5 Å². The number of nitrogens with one attached hydrogen (secondary N) is 1. The SMILES string of the molecule is COc1cc(-c2nnc(SCC(=O)Nc3ccc([N+](=O)[O-])cc3)n2-c2ccccc2)cc(OC)c1OC. The lowest BCUT2D eigenvalue weighted by molar-refractivity contribution is -0.384. The van der Waals surface area contributed by atoms with Gasteiger partial charge in [-0.05, 0) is 36.4 Å². The molecule has 11 nitrogen and oxygen atoms in total. The molecular formula is C25H23N5O6S. The molecule has 0 aliphatic heterocycles. The number of thioether (sulfide) groups is 1. The molecule has 0 aliphatic carbocycles. The summed E-state index contributed by atoms with van der Waals surface area (Å²) in [6.07, 6.45) is 0. The first kappa shape index (κ1) is 25.5. The highest BCUT2D eigenvalue weighted by Gasteiger charge is 2.21. The van der Waals surface area contributed by atoms with Crippen LogP contribution in [-0.4, -0.2) is 52.7 Å². The number of carbonyl (C=O) groups is 1. The lowest BCUT2D eigenvalue weighted by atomic mass is 10.1. The average Bonchev–Trinajstić information content (AvgIpc) is 3.35. The molecule has 190 valence electrons. The summed E-state index contributed by atoms with van der Waals surface area (Å²) in [6.45, 7) is 0. The number of rotatable bonds is 10. The van der Waals surface area contributed by atoms with Crippen molar-refractivity contribution in [1.29, 1.82) is 0 Å². The second-order valence-electron chi connectivity index (χ2n) is 7.53. The van der Waals surface area contributed by atoms with Crippen LogP contribution in [0.4, 0.5) is 11.4 Å². The third kappa shape index (κ3) is 5.64. The fourth-order valence-electron chi connectivity index (χ4n) is 3.56. The summed E-state index contributed by atoms with van der Waals surface area (Å²) >= 11 is 1.20. The number of methoxy groups -OCH3 is 3. The van der Waals surface area contributed by atoms with Gasteiger partial charge in [0.1, 0.15) is 0 Å². The van der Waals surface area contributed by atoms with E-state index in [4.69, 9.17) is 14.2 Å². The van der Waals surface area contributed by atoms with Crippen molar-refractivity contribution in [3.63, 3.8) is 0 Å². The first-order chi connectivity index (χ1) is 17.9. The fraction of sp³-hybridized carbons (Fsp3) is 0.160. The molecule has 0 saturated heterocycles. The predicted octanol–water partition coefficient (Wildman–Crippen LogP) is 4.60. The van der Waals surface area contributed by atoms with Gasteiger partial charge >= 0.3 is 0 Å². The van der Waals surface area contributed by atoms with Crippen LogP contribution >= 0.6 is 11.8 Å². The fourth-order valence-corrected chi connectivity index (χ4v) is 4.32. The van der Waals surface area contributed by atoms with Crippen LogP contribution in [0.15, 0.2) is 71.9 Å². The number of non-ortho nitro benzene ring substituents is 1. The smallest absolute Gasteiger partial charge is 0.269 e. The number of anilines is 1. The van der Waals surface area contributed by atoms with Crippen LogP contribution in [-0.2, 0) is 4.79 Å². The van der Waals surface area contributed by atoms with Gasteiger partial charge in [0.2, 0.25) is 11.7 Å². The van der Waals surface area contributed by atoms with Gasteiger partial charge in [-0.3, -0.25) is 19.5 Å². The van der Waals surface area contributed by atoms with E-state index >= 15 is 0 Å². The molecule has 0 spiro atoms. The van der Waals surface area contributed by atoms with E-state index in [-0.39, 0.29) is 17.3 Å². The Morgan fingerprint density at radius 2 is 1.62 bits per heavy atom. The van der Waals surface area contributed by atoms with Gasteiger partial charge in [0, 0.05) is 29.1 Å². The Morgan fingerprint density at radius 1 is 0.973 bits per heavy atom. The second-order valence-corrected chi connectivity index (χ2v) is 8.47. The van der Waals surface area contributed by atoms with Crippen molar-refractivity contribution in [3.8, 4) is 34.3 Å². The van der Waals surface area contributed by atoms with Crippen molar-refractivity contribution in [3.05, 3.63) is 76.8 Å². The Morgan fingerprint density at radius 3 is 2.19 bits per heavy atom. The van der Waals surface area contributed by atoms with Crippen molar-refractivity contribution in [2.24, 2.45) is 0 Å². The Balaban J connectivity index is 1.63. The highest BCUT2D eigenvalue weighted by atomic mass is 32.2. The number of ether oxygens (including phenoxy) is 3. The molecule has 0 unspecified atom stereocenters. The number of hydrogen-bond donors (Lipinski definition) is 1. The van der Waals surface area contributed by atoms with Crippen LogP contribution in [0.5, 0.6) is 17.2 Å². The lowest BCUT2D eigenvalue weighted by Gasteiger charge is -2.15. The van der Waals surface area contributed by atoms with E-state index in [9.17, 15) is 14.9 Å². The zero-order valence-electron chi connectivity index (χ0n) is 20.2. The number of aromatic nitrogens is 3. The van der Waals surface area contributed by atoms with Gasteiger partial charge in [-0.1, -0.05) is 30.0 Å². The Kier molecular flexibility index (Phi) is 7.89. The maximum Gasteiger partial charge on any atom is 0.269 e. The maximum atomic E-state index is 12.6. The highest BCUT2D eigenvalue weighted by molar-refractivity contribution is 7.99. The minimum Gasteiger partial charge on any atom is -0.493 e.